The van der Waals surface area contributed by atoms with Gasteiger partial charge in [-0.05, 0) is 49.7 Å². The van der Waals surface area contributed by atoms with Gasteiger partial charge < -0.3 is 0 Å². The minimum Gasteiger partial charge on any atom is -0.274 e. The maximum absolute atomic E-state index is 12.9. The fraction of sp³-hybridized carbons (Fsp3) is 0.857. The Morgan fingerprint density at radius 1 is 0.367 bits per heavy atom. The first-order chi connectivity index (χ1) is 29.5. The summed E-state index contributed by atoms with van der Waals surface area (Å²) in [6.45, 7) is 9.74. The molecule has 0 N–H and O–H groups in total. The Balaban J connectivity index is 0.000000638. The molecular formula is C56H102BrNO2. The zero-order valence-corrected chi connectivity index (χ0v) is 42.4. The van der Waals surface area contributed by atoms with Gasteiger partial charge >= 0.3 is 0 Å². The molecule has 0 radical (unpaired) electrons. The molecule has 1 aliphatic rings. The standard InChI is InChI=1S/C32H53NO2.C24H49Br/c1-3-5-7-9-11-13-14-16-18-20-24-28(23-19-17-15-12-10-8-6-4-2)27-33-31(34)29-25-21-22-26-30(29)32(33)35;1-3-5-7-9-11-13-14-16-18-20-22-24(23-25)21-19-17-15-12-10-8-6-4-2/h21-22,25-26,28H,3-20,23-24,27H2,1-2H3;24H,3-23H2,1-2H3. The number of hydrogen-bond donors (Lipinski definition) is 0. The predicted molar refractivity (Wildman–Crippen MR) is 270 cm³/mol. The van der Waals surface area contributed by atoms with Crippen LogP contribution >= 0.6 is 15.9 Å². The number of carbonyl (C=O) groups is 2. The topological polar surface area (TPSA) is 37.4 Å². The quantitative estimate of drug-likeness (QED) is 0.0372. The van der Waals surface area contributed by atoms with Crippen LogP contribution in [0.25, 0.3) is 0 Å². The average molecular weight is 901 g/mol. The fourth-order valence-corrected chi connectivity index (χ4v) is 9.91. The second-order valence-corrected chi connectivity index (χ2v) is 19.8. The van der Waals surface area contributed by atoms with Crippen LogP contribution in [0.5, 0.6) is 0 Å². The highest BCUT2D eigenvalue weighted by atomic mass is 79.9. The Morgan fingerprint density at radius 2 is 0.600 bits per heavy atom. The Morgan fingerprint density at radius 3 is 0.850 bits per heavy atom. The molecule has 0 fully saturated rings. The van der Waals surface area contributed by atoms with E-state index in [1.165, 1.54) is 254 Å². The number of fused-ring (bicyclic) bond motifs is 1. The maximum Gasteiger partial charge on any atom is 0.261 e. The van der Waals surface area contributed by atoms with Gasteiger partial charge in [-0.15, -0.1) is 0 Å². The van der Waals surface area contributed by atoms with Crippen LogP contribution in [0.2, 0.25) is 0 Å². The Hall–Kier alpha value is -1.16. The van der Waals surface area contributed by atoms with Crippen LogP contribution in [0, 0.1) is 11.8 Å². The summed E-state index contributed by atoms with van der Waals surface area (Å²) in [6, 6.07) is 7.31. The van der Waals surface area contributed by atoms with Gasteiger partial charge in [0.15, 0.2) is 0 Å². The second kappa shape index (κ2) is 43.1. The summed E-state index contributed by atoms with van der Waals surface area (Å²) in [6.07, 6.45) is 55.4. The number of halogens is 1. The number of alkyl halides is 1. The van der Waals surface area contributed by atoms with Crippen molar-refractivity contribution >= 4 is 27.7 Å². The number of hydrogen-bond acceptors (Lipinski definition) is 2. The van der Waals surface area contributed by atoms with E-state index in [-0.39, 0.29) is 11.8 Å². The molecular weight excluding hydrogens is 799 g/mol. The first kappa shape index (κ1) is 56.9. The van der Waals surface area contributed by atoms with E-state index in [0.717, 1.165) is 18.8 Å². The van der Waals surface area contributed by atoms with E-state index in [1.54, 1.807) is 12.1 Å². The van der Waals surface area contributed by atoms with Gasteiger partial charge in [-0.2, -0.15) is 0 Å². The van der Waals surface area contributed by atoms with Gasteiger partial charge in [0.05, 0.1) is 11.1 Å². The van der Waals surface area contributed by atoms with Crippen LogP contribution in [0.1, 0.15) is 305 Å². The second-order valence-electron chi connectivity index (χ2n) is 19.1. The minimum absolute atomic E-state index is 0.0883. The SMILES string of the molecule is CCCCCCCCCCCCC(CBr)CCCCCCCCCC.CCCCCCCCCCCCC(CCCCCCCCCC)CN1C(=O)c2ccccc2C1=O. The number of rotatable bonds is 43. The molecule has 0 saturated carbocycles. The lowest BCUT2D eigenvalue weighted by molar-refractivity contribution is 0.0621. The molecule has 1 aromatic carbocycles. The van der Waals surface area contributed by atoms with E-state index in [9.17, 15) is 9.59 Å². The predicted octanol–water partition coefficient (Wildman–Crippen LogP) is 19.6. The third-order valence-electron chi connectivity index (χ3n) is 13.4. The van der Waals surface area contributed by atoms with E-state index < -0.39 is 0 Å². The number of unbranched alkanes of at least 4 members (excludes halogenated alkanes) is 32. The lowest BCUT2D eigenvalue weighted by Gasteiger charge is -2.23. The van der Waals surface area contributed by atoms with E-state index >= 15 is 0 Å². The lowest BCUT2D eigenvalue weighted by atomic mass is 9.93. The molecule has 2 amide bonds. The summed E-state index contributed by atoms with van der Waals surface area (Å²) in [7, 11) is 0. The van der Waals surface area contributed by atoms with Crippen LogP contribution in [0.4, 0.5) is 0 Å². The van der Waals surface area contributed by atoms with Crippen LogP contribution in [-0.2, 0) is 0 Å². The molecule has 60 heavy (non-hydrogen) atoms. The maximum atomic E-state index is 12.9. The van der Waals surface area contributed by atoms with Gasteiger partial charge in [-0.25, -0.2) is 0 Å². The molecule has 3 nitrogen and oxygen atoms in total. The lowest BCUT2D eigenvalue weighted by Crippen LogP contribution is -2.34. The van der Waals surface area contributed by atoms with Crippen molar-refractivity contribution < 1.29 is 9.59 Å². The zero-order chi connectivity index (χ0) is 43.6. The van der Waals surface area contributed by atoms with E-state index in [4.69, 9.17) is 0 Å². The largest absolute Gasteiger partial charge is 0.274 e. The van der Waals surface area contributed by atoms with Gasteiger partial charge in [0.1, 0.15) is 0 Å². The molecule has 1 aliphatic heterocycles. The van der Waals surface area contributed by atoms with Crippen molar-refractivity contribution in [2.24, 2.45) is 11.8 Å². The summed E-state index contributed by atoms with van der Waals surface area (Å²) in [5.74, 6) is 1.20. The molecule has 1 heterocycles. The molecule has 0 aliphatic carbocycles. The van der Waals surface area contributed by atoms with Crippen molar-refractivity contribution in [3.63, 3.8) is 0 Å². The van der Waals surface area contributed by atoms with Gasteiger partial charge in [-0.1, -0.05) is 287 Å². The first-order valence-electron chi connectivity index (χ1n) is 27.0. The summed E-state index contributed by atoms with van der Waals surface area (Å²) in [5.41, 5.74) is 1.17. The Kier molecular flexibility index (Phi) is 40.8. The van der Waals surface area contributed by atoms with Crippen LogP contribution in [0.3, 0.4) is 0 Å². The molecule has 4 heteroatoms. The number of carbonyl (C=O) groups excluding carboxylic acids is 2. The summed E-state index contributed by atoms with van der Waals surface area (Å²) >= 11 is 3.75. The van der Waals surface area contributed by atoms with Crippen molar-refractivity contribution in [1.29, 1.82) is 0 Å². The number of benzene rings is 1. The molecule has 0 bridgehead atoms. The molecule has 350 valence electrons. The smallest absolute Gasteiger partial charge is 0.261 e. The van der Waals surface area contributed by atoms with Gasteiger partial charge in [0.25, 0.3) is 11.8 Å². The Bertz CT molecular complexity index is 1050. The van der Waals surface area contributed by atoms with Gasteiger partial charge in [-0.3, -0.25) is 14.5 Å². The summed E-state index contributed by atoms with van der Waals surface area (Å²) in [5, 5.41) is 1.22. The molecule has 2 unspecified atom stereocenters. The van der Waals surface area contributed by atoms with E-state index in [0.29, 0.717) is 23.6 Å². The molecule has 0 saturated heterocycles. The fourth-order valence-electron chi connectivity index (χ4n) is 9.26. The number of nitrogens with zero attached hydrogens (tertiary/aromatic N) is 1. The number of amides is 2. The molecule has 0 spiro atoms. The van der Waals surface area contributed by atoms with Crippen LogP contribution < -0.4 is 0 Å². The van der Waals surface area contributed by atoms with Crippen LogP contribution in [-0.4, -0.2) is 28.6 Å². The van der Waals surface area contributed by atoms with E-state index in [2.05, 4.69) is 43.6 Å². The minimum atomic E-state index is -0.0883. The molecule has 2 atom stereocenters. The molecule has 0 aromatic heterocycles. The summed E-state index contributed by atoms with van der Waals surface area (Å²) < 4.78 is 0. The van der Waals surface area contributed by atoms with Crippen molar-refractivity contribution in [2.45, 2.75) is 285 Å². The highest BCUT2D eigenvalue weighted by Crippen LogP contribution is 2.28. The van der Waals surface area contributed by atoms with Crippen molar-refractivity contribution in [1.82, 2.24) is 4.90 Å². The number of imide groups is 1. The molecule has 1 aromatic rings. The summed E-state index contributed by atoms with van der Waals surface area (Å²) in [4.78, 5) is 27.3. The van der Waals surface area contributed by atoms with E-state index in [1.807, 2.05) is 12.1 Å². The first-order valence-corrected chi connectivity index (χ1v) is 28.2. The molecule has 2 rings (SSSR count). The van der Waals surface area contributed by atoms with Crippen molar-refractivity contribution in [2.75, 3.05) is 11.9 Å². The monoisotopic (exact) mass is 900 g/mol. The van der Waals surface area contributed by atoms with Gasteiger partial charge in [0, 0.05) is 11.9 Å². The average Bonchev–Trinajstić information content (AvgIpc) is 3.50. The third-order valence-corrected chi connectivity index (χ3v) is 14.3. The van der Waals surface area contributed by atoms with Gasteiger partial charge in [0.2, 0.25) is 0 Å². The van der Waals surface area contributed by atoms with Crippen LogP contribution in [0.15, 0.2) is 24.3 Å². The highest BCUT2D eigenvalue weighted by molar-refractivity contribution is 9.09. The highest BCUT2D eigenvalue weighted by Gasteiger charge is 2.36. The normalized spacial score (nSPS) is 13.4. The van der Waals surface area contributed by atoms with Crippen molar-refractivity contribution in [3.8, 4) is 0 Å². The van der Waals surface area contributed by atoms with Crippen molar-refractivity contribution in [3.05, 3.63) is 35.4 Å². The third kappa shape index (κ3) is 30.8. The Labute approximate surface area is 384 Å². The zero-order valence-electron chi connectivity index (χ0n) is 40.8.